The van der Waals surface area contributed by atoms with Crippen molar-refractivity contribution in [1.82, 2.24) is 0 Å². The highest BCUT2D eigenvalue weighted by Gasteiger charge is 1.93. The highest BCUT2D eigenvalue weighted by Crippen LogP contribution is 2.18. The van der Waals surface area contributed by atoms with E-state index < -0.39 is 0 Å². The lowest BCUT2D eigenvalue weighted by atomic mass is 10.1. The molecule has 19 heavy (non-hydrogen) atoms. The van der Waals surface area contributed by atoms with Crippen molar-refractivity contribution in [3.05, 3.63) is 81.9 Å². The summed E-state index contributed by atoms with van der Waals surface area (Å²) in [6.07, 6.45) is 9.05. The van der Waals surface area contributed by atoms with Crippen molar-refractivity contribution in [2.45, 2.75) is 6.42 Å². The van der Waals surface area contributed by atoms with E-state index in [0.717, 1.165) is 27.6 Å². The van der Waals surface area contributed by atoms with Gasteiger partial charge < -0.3 is 0 Å². The quantitative estimate of drug-likeness (QED) is 0.637. The zero-order valence-electron chi connectivity index (χ0n) is 10.4. The lowest BCUT2D eigenvalue weighted by Crippen LogP contribution is -1.74. The smallest absolute Gasteiger partial charge is 0.0478 e. The molecule has 0 spiro atoms. The van der Waals surface area contributed by atoms with E-state index in [9.17, 15) is 0 Å². The molecule has 0 nitrogen and oxygen atoms in total. The van der Waals surface area contributed by atoms with Crippen LogP contribution in [0.15, 0.2) is 60.7 Å². The molecule has 0 unspecified atom stereocenters. The molecule has 0 amide bonds. The molecular weight excluding hydrogens is 275 g/mol. The summed E-state index contributed by atoms with van der Waals surface area (Å²) >= 11 is 12.1. The van der Waals surface area contributed by atoms with Crippen LogP contribution in [0, 0.1) is 0 Å². The average molecular weight is 289 g/mol. The maximum Gasteiger partial charge on any atom is 0.0478 e. The fourth-order valence-electron chi connectivity index (χ4n) is 1.69. The van der Waals surface area contributed by atoms with Crippen LogP contribution in [-0.4, -0.2) is 0 Å². The van der Waals surface area contributed by atoms with Gasteiger partial charge in [0.1, 0.15) is 0 Å². The van der Waals surface area contributed by atoms with Crippen LogP contribution in [-0.2, 0) is 0 Å². The van der Waals surface area contributed by atoms with Gasteiger partial charge in [0.05, 0.1) is 0 Å². The number of rotatable bonds is 4. The van der Waals surface area contributed by atoms with Gasteiger partial charge in [-0.15, -0.1) is 0 Å². The predicted octanol–water partition coefficient (Wildman–Crippen LogP) is 6.11. The van der Waals surface area contributed by atoms with Crippen LogP contribution in [0.4, 0.5) is 0 Å². The van der Waals surface area contributed by atoms with Gasteiger partial charge >= 0.3 is 0 Å². The summed E-state index contributed by atoms with van der Waals surface area (Å²) in [6.45, 7) is 0. The van der Waals surface area contributed by atoms with E-state index in [1.807, 2.05) is 60.7 Å². The molecule has 0 aromatic heterocycles. The zero-order chi connectivity index (χ0) is 13.5. The molecule has 0 aliphatic rings. The summed E-state index contributed by atoms with van der Waals surface area (Å²) < 4.78 is 0. The minimum absolute atomic E-state index is 0.772. The lowest BCUT2D eigenvalue weighted by Gasteiger charge is -1.96. The summed E-state index contributed by atoms with van der Waals surface area (Å²) in [5.41, 5.74) is 2.07. The van der Waals surface area contributed by atoms with Crippen LogP contribution >= 0.6 is 23.2 Å². The molecule has 2 aromatic rings. The Morgan fingerprint density at radius 2 is 1.11 bits per heavy atom. The molecule has 0 saturated heterocycles. The maximum absolute atomic E-state index is 6.07. The highest BCUT2D eigenvalue weighted by atomic mass is 35.5. The SMILES string of the molecule is Clc1ccccc1/C=C/C/C=C/c1ccccc1Cl. The maximum atomic E-state index is 6.07. The van der Waals surface area contributed by atoms with Crippen LogP contribution in [0.2, 0.25) is 10.0 Å². The van der Waals surface area contributed by atoms with Crippen molar-refractivity contribution < 1.29 is 0 Å². The molecule has 2 rings (SSSR count). The first-order valence-corrected chi connectivity index (χ1v) is 6.85. The molecule has 2 heteroatoms. The molecule has 0 saturated carbocycles. The van der Waals surface area contributed by atoms with Crippen molar-refractivity contribution >= 4 is 35.4 Å². The van der Waals surface area contributed by atoms with Gasteiger partial charge in [0.15, 0.2) is 0 Å². The topological polar surface area (TPSA) is 0 Å². The number of benzene rings is 2. The first-order chi connectivity index (χ1) is 9.27. The summed E-state index contributed by atoms with van der Waals surface area (Å²) in [4.78, 5) is 0. The lowest BCUT2D eigenvalue weighted by molar-refractivity contribution is 1.42. The van der Waals surface area contributed by atoms with E-state index in [2.05, 4.69) is 12.2 Å². The Bertz CT molecular complexity index is 544. The van der Waals surface area contributed by atoms with Crippen molar-refractivity contribution in [2.24, 2.45) is 0 Å². The fourth-order valence-corrected chi connectivity index (χ4v) is 2.09. The zero-order valence-corrected chi connectivity index (χ0v) is 11.9. The monoisotopic (exact) mass is 288 g/mol. The van der Waals surface area contributed by atoms with Crippen molar-refractivity contribution in [1.29, 1.82) is 0 Å². The van der Waals surface area contributed by atoms with Crippen molar-refractivity contribution in [2.75, 3.05) is 0 Å². The average Bonchev–Trinajstić information content (AvgIpc) is 2.42. The minimum atomic E-state index is 0.772. The molecule has 0 heterocycles. The van der Waals surface area contributed by atoms with Gasteiger partial charge in [-0.25, -0.2) is 0 Å². The van der Waals surface area contributed by atoms with Crippen molar-refractivity contribution in [3.63, 3.8) is 0 Å². The Morgan fingerprint density at radius 1 is 0.684 bits per heavy atom. The van der Waals surface area contributed by atoms with E-state index in [1.165, 1.54) is 0 Å². The van der Waals surface area contributed by atoms with E-state index in [4.69, 9.17) is 23.2 Å². The van der Waals surface area contributed by atoms with Gasteiger partial charge in [0.25, 0.3) is 0 Å². The van der Waals surface area contributed by atoms with Gasteiger partial charge in [-0.3, -0.25) is 0 Å². The Balaban J connectivity index is 1.94. The third kappa shape index (κ3) is 4.27. The van der Waals surface area contributed by atoms with Crippen LogP contribution in [0.1, 0.15) is 17.5 Å². The second-order valence-electron chi connectivity index (χ2n) is 4.08. The Hall–Kier alpha value is -1.50. The molecule has 96 valence electrons. The van der Waals surface area contributed by atoms with Gasteiger partial charge in [-0.05, 0) is 29.7 Å². The van der Waals surface area contributed by atoms with Gasteiger partial charge in [-0.1, -0.05) is 83.9 Å². The molecular formula is C17H14Cl2. The Labute approximate surface area is 124 Å². The van der Waals surface area contributed by atoms with Crippen LogP contribution < -0.4 is 0 Å². The predicted molar refractivity (Wildman–Crippen MR) is 85.6 cm³/mol. The summed E-state index contributed by atoms with van der Waals surface area (Å²) in [5, 5.41) is 1.54. The normalized spacial score (nSPS) is 11.5. The van der Waals surface area contributed by atoms with Crippen LogP contribution in [0.5, 0.6) is 0 Å². The third-order valence-electron chi connectivity index (χ3n) is 2.68. The second kappa shape index (κ2) is 7.18. The van der Waals surface area contributed by atoms with Crippen LogP contribution in [0.3, 0.4) is 0 Å². The van der Waals surface area contributed by atoms with Gasteiger partial charge in [0.2, 0.25) is 0 Å². The number of hydrogen-bond acceptors (Lipinski definition) is 0. The van der Waals surface area contributed by atoms with Crippen LogP contribution in [0.25, 0.3) is 12.2 Å². The first kappa shape index (κ1) is 13.9. The van der Waals surface area contributed by atoms with Gasteiger partial charge in [0, 0.05) is 10.0 Å². The minimum Gasteiger partial charge on any atom is -0.0837 e. The molecule has 0 N–H and O–H groups in total. The molecule has 0 fully saturated rings. The van der Waals surface area contributed by atoms with E-state index in [-0.39, 0.29) is 0 Å². The first-order valence-electron chi connectivity index (χ1n) is 6.09. The molecule has 0 radical (unpaired) electrons. The Kier molecular flexibility index (Phi) is 5.26. The largest absolute Gasteiger partial charge is 0.0837 e. The fraction of sp³-hybridized carbons (Fsp3) is 0.0588. The summed E-state index contributed by atoms with van der Waals surface area (Å²) in [5.74, 6) is 0. The summed E-state index contributed by atoms with van der Waals surface area (Å²) in [6, 6.07) is 15.6. The molecule has 0 bridgehead atoms. The van der Waals surface area contributed by atoms with Gasteiger partial charge in [-0.2, -0.15) is 0 Å². The number of allylic oxidation sites excluding steroid dienone is 2. The van der Waals surface area contributed by atoms with Crippen molar-refractivity contribution in [3.8, 4) is 0 Å². The molecule has 0 aliphatic heterocycles. The van der Waals surface area contributed by atoms with E-state index >= 15 is 0 Å². The second-order valence-corrected chi connectivity index (χ2v) is 4.90. The van der Waals surface area contributed by atoms with E-state index in [1.54, 1.807) is 0 Å². The third-order valence-corrected chi connectivity index (χ3v) is 3.37. The highest BCUT2D eigenvalue weighted by molar-refractivity contribution is 6.32. The Morgan fingerprint density at radius 3 is 1.53 bits per heavy atom. The molecule has 2 aromatic carbocycles. The molecule has 0 atom stereocenters. The van der Waals surface area contributed by atoms with E-state index in [0.29, 0.717) is 0 Å². The molecule has 0 aliphatic carbocycles. The number of halogens is 2. The number of hydrogen-bond donors (Lipinski definition) is 0. The standard InChI is InChI=1S/C17H14Cl2/c18-16-12-6-4-10-14(16)8-2-1-3-9-15-11-5-7-13-17(15)19/h2-13H,1H2/b8-2+,9-3+. The summed E-state index contributed by atoms with van der Waals surface area (Å²) in [7, 11) is 0.